The molecular weight excluding hydrogens is 1740 g/mol. The third-order valence-corrected chi connectivity index (χ3v) is 26.7. The van der Waals surface area contributed by atoms with Crippen molar-refractivity contribution >= 4 is 86.1 Å². The van der Waals surface area contributed by atoms with E-state index in [0.717, 1.165) is 105 Å². The fourth-order valence-electron chi connectivity index (χ4n) is 17.0. The largest absolute Gasteiger partial charge is 0.507 e. The number of nitrogens with two attached hydrogens (primary N) is 1. The van der Waals surface area contributed by atoms with E-state index in [2.05, 4.69) is 44.1 Å². The normalized spacial score (nSPS) is 26.4. The Bertz CT molecular complexity index is 5280. The molecule has 11 bridgehead atoms. The van der Waals surface area contributed by atoms with Gasteiger partial charge in [0.1, 0.15) is 83.5 Å². The summed E-state index contributed by atoms with van der Waals surface area (Å²) in [5.41, 5.74) is 2.38. The van der Waals surface area contributed by atoms with Gasteiger partial charge in [-0.25, -0.2) is 18.0 Å². The number of aromatic hydroxyl groups is 3. The number of Topliss-reactive ketones (excluding diaryl/α,β-unsaturated/α-hetero) is 2. The molecule has 8 aliphatic rings. The number of carbonyl (C=O) groups excluding carboxylic acids is 8. The molecule has 7 heterocycles. The summed E-state index contributed by atoms with van der Waals surface area (Å²) in [6.07, 6.45) is -13.5. The number of rotatable bonds is 29. The Morgan fingerprint density at radius 1 is 0.705 bits per heavy atom. The Hall–Kier alpha value is -10.3. The van der Waals surface area contributed by atoms with Crippen LogP contribution in [0.25, 0.3) is 11.1 Å². The van der Waals surface area contributed by atoms with E-state index in [0.29, 0.717) is 19.3 Å². The van der Waals surface area contributed by atoms with Crippen LogP contribution in [-0.2, 0) is 75.4 Å². The topological polar surface area (TPSA) is 556 Å². The molecule has 14 rings (SSSR count). The number of carbonyl (C=O) groups is 9. The van der Waals surface area contributed by atoms with Crippen LogP contribution in [0.4, 0.5) is 4.79 Å². The molecule has 1 aliphatic carbocycles. The van der Waals surface area contributed by atoms with Gasteiger partial charge in [0.05, 0.1) is 56.3 Å². The minimum Gasteiger partial charge on any atom is -0.507 e. The number of fused-ring (bicyclic) bond motifs is 15. The van der Waals surface area contributed by atoms with Crippen LogP contribution in [0.3, 0.4) is 0 Å². The number of carboxylic acid groups (broad SMARTS) is 1. The van der Waals surface area contributed by atoms with E-state index in [-0.39, 0.29) is 88.0 Å². The lowest BCUT2D eigenvalue weighted by Gasteiger charge is -2.48. The molecule has 129 heavy (non-hydrogen) atoms. The van der Waals surface area contributed by atoms with E-state index in [1.54, 1.807) is 19.1 Å². The fraction of sp³-hybridized carbons (Fsp3) is 0.505. The number of ether oxygens (including phenoxy) is 6. The minimum absolute atomic E-state index is 0.0438. The molecule has 0 radical (unpaired) electrons. The molecule has 7 aliphatic heterocycles. The van der Waals surface area contributed by atoms with Crippen molar-refractivity contribution in [3.63, 3.8) is 0 Å². The molecule has 0 aromatic heterocycles. The number of urea groups is 1. The molecular formula is C91H112Cl2N8O27S. The van der Waals surface area contributed by atoms with Crippen LogP contribution >= 0.6 is 23.2 Å². The van der Waals surface area contributed by atoms with Gasteiger partial charge >= 0.3 is 12.0 Å². The maximum Gasteiger partial charge on any atom is 0.330 e. The van der Waals surface area contributed by atoms with Crippen LogP contribution in [-0.4, -0.2) is 204 Å². The monoisotopic (exact) mass is 1850 g/mol. The molecule has 698 valence electrons. The molecule has 0 unspecified atom stereocenters. The minimum atomic E-state index is -3.66. The molecule has 6 aromatic rings. The number of hydrogen-bond donors (Lipinski definition) is 18. The average molecular weight is 1850 g/mol. The Morgan fingerprint density at radius 2 is 1.36 bits per heavy atom. The molecule has 19 N–H and O–H groups in total. The van der Waals surface area contributed by atoms with Gasteiger partial charge in [0.15, 0.2) is 51.3 Å². The Morgan fingerprint density at radius 3 is 1.98 bits per heavy atom. The first-order chi connectivity index (χ1) is 61.3. The highest BCUT2D eigenvalue weighted by Crippen LogP contribution is 2.52. The lowest BCUT2D eigenvalue weighted by molar-refractivity contribution is -0.334. The number of aliphatic hydroxyl groups is 6. The van der Waals surface area contributed by atoms with Gasteiger partial charge in [0.25, 0.3) is 0 Å². The SMILES string of the molecule is CCCCCCc1ccc(S(=O)(=O)CCCCCNCc2c(O)cc3c(c2O)-c2cc(ccc2O)[C@H]2CC(=O)[C@@H]4NC(=O)[C@H](CC(N)=O)CC(=O)[C@H](NC(=O)[C@H](CC)CC(C)C)[C@H](O)c5ccc(c(Cl)c5)Oc5cc4cc(c5O[C@@H]4O[C@H](CO)[C@@H](O)[C@H](O)[C@H]4O[C@H]4C[C@](C)(NC(=O)NC5CC5)[C@H](O)[C@H](C)O4)Oc4ccc(cc4Cl)[C@@H](O)[C@H](NC2=O)C(=O)N[C@@H]3C(=O)O)cc1. The summed E-state index contributed by atoms with van der Waals surface area (Å²) in [7, 11) is -3.66. The summed E-state index contributed by atoms with van der Waals surface area (Å²) in [4.78, 5) is 134. The number of ketones is 2. The van der Waals surface area contributed by atoms with Gasteiger partial charge in [-0.2, -0.15) is 0 Å². The number of carboxylic acids is 1. The van der Waals surface area contributed by atoms with Gasteiger partial charge in [-0.1, -0.05) is 107 Å². The highest BCUT2D eigenvalue weighted by atomic mass is 35.5. The Labute approximate surface area is 754 Å². The number of aryl methyl sites for hydroxylation is 1. The maximum absolute atomic E-state index is 16.6. The van der Waals surface area contributed by atoms with Crippen molar-refractivity contribution in [1.29, 1.82) is 0 Å². The summed E-state index contributed by atoms with van der Waals surface area (Å²) in [6.45, 7) is 9.38. The van der Waals surface area contributed by atoms with E-state index < -0.39 is 265 Å². The molecule has 38 heteroatoms. The zero-order chi connectivity index (χ0) is 93.4. The Balaban J connectivity index is 0.995. The second kappa shape index (κ2) is 42.3. The standard InChI is InChI=1S/C91H112Cl2N8O27S/c1-7-9-10-12-15-45-16-23-53(24-17-45)129(121,122)29-14-11-13-28-95-41-57-61(104)39-56-71(78(57)110)55-31-47(18-25-60(55)103)54-38-63(106)72-50-35-66(124-64-26-19-48(32-58(64)92)76(108)74(99-84(114)46(8-2)30-43(3)4)62(105)34-51(37-69(94)107)85(115)97-72)81(67(36-50)125-65-27-20-49(33-59(65)93)77(109)75(100-86(54)116)87(117)98-73(56)88(118)119)128-89-82(80(112)79(111)68(42-102)126-89)127-70-40-91(6,83(113)44(5)123-70)101-90(120)96-52-21-22-52/h16-20,23-27,31-33,35-36,39,43-44,46,51-52,54,68,70,72-77,79-80,82-83,89,95,102-104,108-113H,7-15,21-22,28-30,34,37-38,40-42H2,1-6H3,(H2,94,107)(H,97,115)(H,98,117)(H,99,114)(H,100,116)(H,118,119)(H2,96,101,120)/t44-,46+,51-,54+,68+,70-,72+,73-,74-,75-,76+,77+,79+,80-,82+,83+,89-,91-/m0/s1. The molecule has 7 amide bonds. The molecule has 18 atom stereocenters. The van der Waals surface area contributed by atoms with Gasteiger partial charge in [-0.05, 0) is 172 Å². The van der Waals surface area contributed by atoms with Crippen LogP contribution in [0.15, 0.2) is 102 Å². The summed E-state index contributed by atoms with van der Waals surface area (Å²) < 4.78 is 66.1. The number of sulfone groups is 1. The summed E-state index contributed by atoms with van der Waals surface area (Å²) >= 11 is 14.4. The van der Waals surface area contributed by atoms with Gasteiger partial charge in [0.2, 0.25) is 41.6 Å². The van der Waals surface area contributed by atoms with Gasteiger partial charge in [-0.3, -0.25) is 33.6 Å². The predicted molar refractivity (Wildman–Crippen MR) is 465 cm³/mol. The van der Waals surface area contributed by atoms with Gasteiger partial charge < -0.3 is 122 Å². The number of halogens is 2. The van der Waals surface area contributed by atoms with E-state index in [4.69, 9.17) is 57.4 Å². The number of aliphatic carboxylic acids is 1. The smallest absolute Gasteiger partial charge is 0.330 e. The van der Waals surface area contributed by atoms with Crippen molar-refractivity contribution in [2.24, 2.45) is 23.5 Å². The molecule has 1 saturated carbocycles. The third-order valence-electron chi connectivity index (χ3n) is 24.3. The number of benzene rings is 6. The number of amides is 7. The van der Waals surface area contributed by atoms with Crippen LogP contribution in [0, 0.1) is 17.8 Å². The number of unbranched alkanes of at least 4 members (excludes halogenated alkanes) is 5. The third kappa shape index (κ3) is 23.2. The number of phenols is 3. The van der Waals surface area contributed by atoms with Crippen molar-refractivity contribution in [2.75, 3.05) is 18.9 Å². The second-order valence-electron chi connectivity index (χ2n) is 34.6. The van der Waals surface area contributed by atoms with Crippen LogP contribution in [0.1, 0.15) is 207 Å². The van der Waals surface area contributed by atoms with Crippen LogP contribution in [0.5, 0.6) is 46.0 Å². The van der Waals surface area contributed by atoms with E-state index in [1.807, 2.05) is 26.0 Å². The number of aliphatic hydroxyl groups excluding tert-OH is 6. The maximum atomic E-state index is 16.6. The predicted octanol–water partition coefficient (Wildman–Crippen LogP) is 7.88. The molecule has 35 nitrogen and oxygen atoms in total. The number of hydrogen-bond acceptors (Lipinski definition) is 27. The highest BCUT2D eigenvalue weighted by Gasteiger charge is 2.53. The summed E-state index contributed by atoms with van der Waals surface area (Å²) in [5.74, 6) is -19.9. The van der Waals surface area contributed by atoms with Crippen molar-refractivity contribution in [2.45, 2.75) is 259 Å². The zero-order valence-electron chi connectivity index (χ0n) is 72.0. The van der Waals surface area contributed by atoms with E-state index in [9.17, 15) is 78.7 Å². The first-order valence-electron chi connectivity index (χ1n) is 43.4. The highest BCUT2D eigenvalue weighted by molar-refractivity contribution is 7.91. The fourth-order valence-corrected chi connectivity index (χ4v) is 18.8. The molecule has 2 saturated heterocycles. The van der Waals surface area contributed by atoms with Gasteiger partial charge in [-0.15, -0.1) is 0 Å². The molecule has 3 fully saturated rings. The molecule has 6 aromatic carbocycles. The zero-order valence-corrected chi connectivity index (χ0v) is 74.3. The quantitative estimate of drug-likeness (QED) is 0.0198. The van der Waals surface area contributed by atoms with Crippen molar-refractivity contribution in [1.82, 2.24) is 37.2 Å². The number of phenolic OH excluding ortho intramolecular Hbond substituents is 3. The van der Waals surface area contributed by atoms with Gasteiger partial charge in [0, 0.05) is 60.9 Å². The van der Waals surface area contributed by atoms with Crippen molar-refractivity contribution in [3.05, 3.63) is 146 Å². The van der Waals surface area contributed by atoms with E-state index in [1.165, 1.54) is 32.0 Å². The second-order valence-corrected chi connectivity index (χ2v) is 37.5. The Kier molecular flexibility index (Phi) is 32.0. The molecule has 0 spiro atoms. The lowest BCUT2D eigenvalue weighted by Crippen LogP contribution is -2.67. The first-order valence-corrected chi connectivity index (χ1v) is 45.8. The van der Waals surface area contributed by atoms with E-state index >= 15 is 24.0 Å². The average Bonchev–Trinajstić information content (AvgIpc) is 1.09. The van der Waals surface area contributed by atoms with Crippen LogP contribution < -0.4 is 57.2 Å². The number of nitrogens with one attached hydrogen (secondary N) is 7. The lowest BCUT2D eigenvalue weighted by atomic mass is 9.84. The first kappa shape index (κ1) is 97.7. The number of primary amides is 1. The van der Waals surface area contributed by atoms with Crippen LogP contribution in [0.2, 0.25) is 10.0 Å². The van der Waals surface area contributed by atoms with Crippen molar-refractivity contribution < 1.29 is 131 Å². The summed E-state index contributed by atoms with van der Waals surface area (Å²) in [5, 5.41) is 138. The van der Waals surface area contributed by atoms with Crippen molar-refractivity contribution in [3.8, 4) is 57.1 Å². The summed E-state index contributed by atoms with van der Waals surface area (Å²) in [6, 6.07) is 10.6.